The van der Waals surface area contributed by atoms with Crippen molar-refractivity contribution in [2.45, 2.75) is 18.9 Å². The van der Waals surface area contributed by atoms with Gasteiger partial charge < -0.3 is 5.11 Å². The van der Waals surface area contributed by atoms with Gasteiger partial charge in [-0.3, -0.25) is 0 Å². The van der Waals surface area contributed by atoms with Crippen LogP contribution >= 0.6 is 23.5 Å². The quantitative estimate of drug-likeness (QED) is 0.626. The highest BCUT2D eigenvalue weighted by Gasteiger charge is 2.42. The van der Waals surface area contributed by atoms with Crippen LogP contribution in [0.5, 0.6) is 0 Å². The SMILES string of the molecule is OC1CCSCC12CCSC2. The summed E-state index contributed by atoms with van der Waals surface area (Å²) in [6.07, 6.45) is 2.26. The third kappa shape index (κ3) is 1.43. The van der Waals surface area contributed by atoms with Gasteiger partial charge in [0.25, 0.3) is 0 Å². The summed E-state index contributed by atoms with van der Waals surface area (Å²) in [6, 6.07) is 0. The van der Waals surface area contributed by atoms with Gasteiger partial charge in [0.2, 0.25) is 0 Å². The Morgan fingerprint density at radius 2 is 1.91 bits per heavy atom. The molecule has 2 atom stereocenters. The van der Waals surface area contributed by atoms with Gasteiger partial charge in [0.15, 0.2) is 0 Å². The molecule has 0 aliphatic carbocycles. The Morgan fingerprint density at radius 3 is 2.45 bits per heavy atom. The maximum atomic E-state index is 9.83. The van der Waals surface area contributed by atoms with Gasteiger partial charge in [0.1, 0.15) is 0 Å². The van der Waals surface area contributed by atoms with E-state index in [4.69, 9.17) is 0 Å². The second-order valence-electron chi connectivity index (χ2n) is 3.52. The molecule has 2 fully saturated rings. The molecule has 64 valence electrons. The molecular formula is C8H14OS2. The normalized spacial score (nSPS) is 45.0. The van der Waals surface area contributed by atoms with Crippen LogP contribution in [0.3, 0.4) is 0 Å². The zero-order valence-electron chi connectivity index (χ0n) is 6.58. The lowest BCUT2D eigenvalue weighted by molar-refractivity contribution is 0.0527. The number of thioether (sulfide) groups is 2. The molecule has 0 aromatic heterocycles. The molecule has 2 aliphatic rings. The lowest BCUT2D eigenvalue weighted by Crippen LogP contribution is -2.41. The van der Waals surface area contributed by atoms with Crippen LogP contribution in [0.25, 0.3) is 0 Å². The predicted octanol–water partition coefficient (Wildman–Crippen LogP) is 1.61. The summed E-state index contributed by atoms with van der Waals surface area (Å²) in [5.41, 5.74) is 0.313. The minimum absolute atomic E-state index is 0.00116. The maximum Gasteiger partial charge on any atom is 0.0620 e. The van der Waals surface area contributed by atoms with E-state index >= 15 is 0 Å². The van der Waals surface area contributed by atoms with E-state index in [2.05, 4.69) is 0 Å². The zero-order valence-corrected chi connectivity index (χ0v) is 8.22. The third-order valence-corrected chi connectivity index (χ3v) is 5.34. The number of hydrogen-bond acceptors (Lipinski definition) is 3. The van der Waals surface area contributed by atoms with E-state index in [0.29, 0.717) is 5.41 Å². The zero-order chi connectivity index (χ0) is 7.73. The largest absolute Gasteiger partial charge is 0.392 e. The Morgan fingerprint density at radius 1 is 1.18 bits per heavy atom. The molecule has 1 spiro atoms. The van der Waals surface area contributed by atoms with Crippen LogP contribution in [0, 0.1) is 5.41 Å². The highest BCUT2D eigenvalue weighted by atomic mass is 32.2. The van der Waals surface area contributed by atoms with Crippen molar-refractivity contribution in [2.24, 2.45) is 5.41 Å². The molecule has 2 unspecified atom stereocenters. The van der Waals surface area contributed by atoms with Crippen molar-refractivity contribution in [2.75, 3.05) is 23.0 Å². The molecule has 0 aromatic rings. The average molecular weight is 190 g/mol. The molecule has 0 bridgehead atoms. The fourth-order valence-corrected chi connectivity index (χ4v) is 4.92. The van der Waals surface area contributed by atoms with Crippen LogP contribution in [0.4, 0.5) is 0 Å². The summed E-state index contributed by atoms with van der Waals surface area (Å²) in [4.78, 5) is 0. The Balaban J connectivity index is 2.07. The maximum absolute atomic E-state index is 9.83. The molecule has 3 heteroatoms. The van der Waals surface area contributed by atoms with Crippen molar-refractivity contribution in [3.63, 3.8) is 0 Å². The third-order valence-electron chi connectivity index (χ3n) is 2.77. The molecule has 11 heavy (non-hydrogen) atoms. The average Bonchev–Trinajstić information content (AvgIpc) is 2.46. The van der Waals surface area contributed by atoms with E-state index in [0.717, 1.165) is 12.2 Å². The molecule has 2 heterocycles. The molecule has 1 N–H and O–H groups in total. The number of rotatable bonds is 0. The molecule has 0 radical (unpaired) electrons. The Bertz CT molecular complexity index is 143. The van der Waals surface area contributed by atoms with Crippen LogP contribution < -0.4 is 0 Å². The van der Waals surface area contributed by atoms with Crippen molar-refractivity contribution in [3.05, 3.63) is 0 Å². The molecule has 2 saturated heterocycles. The summed E-state index contributed by atoms with van der Waals surface area (Å²) in [6.45, 7) is 0. The van der Waals surface area contributed by atoms with Crippen molar-refractivity contribution >= 4 is 23.5 Å². The van der Waals surface area contributed by atoms with E-state index in [1.54, 1.807) is 0 Å². The molecule has 0 aromatic carbocycles. The number of hydrogen-bond donors (Lipinski definition) is 1. The van der Waals surface area contributed by atoms with Crippen LogP contribution in [-0.4, -0.2) is 34.2 Å². The first-order valence-corrected chi connectivity index (χ1v) is 6.48. The van der Waals surface area contributed by atoms with Gasteiger partial charge >= 0.3 is 0 Å². The second-order valence-corrected chi connectivity index (χ2v) is 5.73. The van der Waals surface area contributed by atoms with Gasteiger partial charge in [-0.15, -0.1) is 0 Å². The standard InChI is InChI=1S/C8H14OS2/c9-7-1-3-10-5-8(7)2-4-11-6-8/h7,9H,1-6H2. The van der Waals surface area contributed by atoms with Crippen LogP contribution in [0.2, 0.25) is 0 Å². The molecule has 0 saturated carbocycles. The van der Waals surface area contributed by atoms with E-state index in [-0.39, 0.29) is 6.10 Å². The van der Waals surface area contributed by atoms with Gasteiger partial charge in [-0.25, -0.2) is 0 Å². The van der Waals surface area contributed by atoms with Crippen LogP contribution in [0.15, 0.2) is 0 Å². The highest BCUT2D eigenvalue weighted by molar-refractivity contribution is 8.00. The molecule has 2 rings (SSSR count). The van der Waals surface area contributed by atoms with Crippen LogP contribution in [0.1, 0.15) is 12.8 Å². The van der Waals surface area contributed by atoms with Gasteiger partial charge in [-0.2, -0.15) is 23.5 Å². The van der Waals surface area contributed by atoms with Crippen molar-refractivity contribution in [1.29, 1.82) is 0 Å². The number of aliphatic hydroxyl groups is 1. The Kier molecular flexibility index (Phi) is 2.40. The lowest BCUT2D eigenvalue weighted by atomic mass is 9.82. The summed E-state index contributed by atoms with van der Waals surface area (Å²) >= 11 is 4.03. The summed E-state index contributed by atoms with van der Waals surface area (Å²) in [7, 11) is 0. The second kappa shape index (κ2) is 3.19. The fourth-order valence-electron chi connectivity index (χ4n) is 1.87. The van der Waals surface area contributed by atoms with Gasteiger partial charge in [-0.05, 0) is 24.3 Å². The van der Waals surface area contributed by atoms with E-state index < -0.39 is 0 Å². The molecular weight excluding hydrogens is 176 g/mol. The van der Waals surface area contributed by atoms with Gasteiger partial charge in [0.05, 0.1) is 6.10 Å². The number of aliphatic hydroxyl groups excluding tert-OH is 1. The van der Waals surface area contributed by atoms with Crippen molar-refractivity contribution < 1.29 is 5.11 Å². The molecule has 2 aliphatic heterocycles. The Hall–Kier alpha value is 0.660. The topological polar surface area (TPSA) is 20.2 Å². The Labute approximate surface area is 76.3 Å². The predicted molar refractivity (Wildman–Crippen MR) is 52.3 cm³/mol. The minimum atomic E-state index is -0.00116. The van der Waals surface area contributed by atoms with E-state index in [1.807, 2.05) is 23.5 Å². The summed E-state index contributed by atoms with van der Waals surface area (Å²) in [5, 5.41) is 9.83. The van der Waals surface area contributed by atoms with Gasteiger partial charge in [-0.1, -0.05) is 0 Å². The fraction of sp³-hybridized carbons (Fsp3) is 1.00. The van der Waals surface area contributed by atoms with Crippen molar-refractivity contribution in [3.8, 4) is 0 Å². The smallest absolute Gasteiger partial charge is 0.0620 e. The highest BCUT2D eigenvalue weighted by Crippen LogP contribution is 2.45. The van der Waals surface area contributed by atoms with Crippen molar-refractivity contribution in [1.82, 2.24) is 0 Å². The first-order chi connectivity index (χ1) is 5.33. The van der Waals surface area contributed by atoms with E-state index in [1.165, 1.54) is 23.7 Å². The first kappa shape index (κ1) is 8.27. The summed E-state index contributed by atoms with van der Waals surface area (Å²) in [5.74, 6) is 4.81. The minimum Gasteiger partial charge on any atom is -0.392 e. The van der Waals surface area contributed by atoms with Gasteiger partial charge in [0, 0.05) is 16.9 Å². The summed E-state index contributed by atoms with van der Waals surface area (Å²) < 4.78 is 0. The monoisotopic (exact) mass is 190 g/mol. The first-order valence-electron chi connectivity index (χ1n) is 4.17. The lowest BCUT2D eigenvalue weighted by Gasteiger charge is -2.37. The molecule has 0 amide bonds. The van der Waals surface area contributed by atoms with Crippen LogP contribution in [-0.2, 0) is 0 Å². The molecule has 1 nitrogen and oxygen atoms in total. The van der Waals surface area contributed by atoms with E-state index in [9.17, 15) is 5.11 Å².